The number of carbonyl (C=O) groups is 1. The lowest BCUT2D eigenvalue weighted by Crippen LogP contribution is -2.43. The van der Waals surface area contributed by atoms with E-state index in [-0.39, 0.29) is 35.4 Å². The fourth-order valence-electron chi connectivity index (χ4n) is 2.98. The number of nitrogens with zero attached hydrogens (tertiary/aromatic N) is 3. The number of benzene rings is 1. The van der Waals surface area contributed by atoms with Gasteiger partial charge in [0.05, 0.1) is 5.56 Å². The predicted octanol–water partition coefficient (Wildman–Crippen LogP) is 4.40. The van der Waals surface area contributed by atoms with Gasteiger partial charge in [-0.3, -0.25) is 0 Å². The highest BCUT2D eigenvalue weighted by molar-refractivity contribution is 5.75. The summed E-state index contributed by atoms with van der Waals surface area (Å²) in [5.74, 6) is 0.310. The highest BCUT2D eigenvalue weighted by Gasteiger charge is 2.35. The van der Waals surface area contributed by atoms with Crippen molar-refractivity contribution in [1.82, 2.24) is 20.4 Å². The van der Waals surface area contributed by atoms with E-state index in [2.05, 4.69) is 15.5 Å². The number of nitrogens with one attached hydrogen (secondary N) is 1. The van der Waals surface area contributed by atoms with Gasteiger partial charge < -0.3 is 14.7 Å². The molecule has 1 aliphatic heterocycles. The minimum Gasteiger partial charge on any atom is -0.337 e. The first-order chi connectivity index (χ1) is 12.8. The second kappa shape index (κ2) is 7.58. The van der Waals surface area contributed by atoms with Crippen LogP contribution in [-0.2, 0) is 6.18 Å². The van der Waals surface area contributed by atoms with Crippen LogP contribution in [0.5, 0.6) is 0 Å². The molecule has 0 radical (unpaired) electrons. The summed E-state index contributed by atoms with van der Waals surface area (Å²) < 4.78 is 44.0. The van der Waals surface area contributed by atoms with E-state index in [1.807, 2.05) is 13.8 Å². The second-order valence-corrected chi connectivity index (χ2v) is 6.64. The van der Waals surface area contributed by atoms with E-state index in [4.69, 9.17) is 4.52 Å². The Hall–Kier alpha value is -2.58. The van der Waals surface area contributed by atoms with E-state index in [1.165, 1.54) is 12.1 Å². The quantitative estimate of drug-likeness (QED) is 0.851. The maximum Gasteiger partial charge on any atom is 0.416 e. The van der Waals surface area contributed by atoms with E-state index < -0.39 is 11.7 Å². The Morgan fingerprint density at radius 2 is 2.22 bits per heavy atom. The molecule has 1 N–H and O–H groups in total. The van der Waals surface area contributed by atoms with Crippen LogP contribution in [0.3, 0.4) is 0 Å². The number of halogens is 3. The molecule has 146 valence electrons. The third-order valence-corrected chi connectivity index (χ3v) is 4.67. The molecule has 2 amide bonds. The lowest BCUT2D eigenvalue weighted by molar-refractivity contribution is -0.137. The van der Waals surface area contributed by atoms with Gasteiger partial charge in [0.1, 0.15) is 6.04 Å². The standard InChI is InChI=1S/C18H21F3N4O2/c1-3-11(2)22-17(26)25-9-5-8-14(25)16-23-15(24-27-16)12-6-4-7-13(10-12)18(19,20)21/h4,6-7,10-11,14H,3,5,8-9H2,1-2H3,(H,22,26)/t11-,14+/m0/s1. The zero-order valence-electron chi connectivity index (χ0n) is 15.1. The van der Waals surface area contributed by atoms with Gasteiger partial charge in [0.25, 0.3) is 0 Å². The summed E-state index contributed by atoms with van der Waals surface area (Å²) in [5.41, 5.74) is -0.560. The van der Waals surface area contributed by atoms with Crippen molar-refractivity contribution < 1.29 is 22.5 Å². The molecular formula is C18H21F3N4O2. The molecule has 1 saturated heterocycles. The number of hydrogen-bond acceptors (Lipinski definition) is 4. The van der Waals surface area contributed by atoms with Gasteiger partial charge in [-0.2, -0.15) is 18.2 Å². The van der Waals surface area contributed by atoms with Crippen molar-refractivity contribution in [3.63, 3.8) is 0 Å². The molecule has 1 aromatic carbocycles. The minimum atomic E-state index is -4.45. The Bertz CT molecular complexity index is 806. The SMILES string of the molecule is CC[C@H](C)NC(=O)N1CCC[C@@H]1c1nc(-c2cccc(C(F)(F)F)c2)no1. The molecule has 1 fully saturated rings. The number of hydrogen-bond donors (Lipinski definition) is 1. The van der Waals surface area contributed by atoms with Crippen LogP contribution in [0.15, 0.2) is 28.8 Å². The third kappa shape index (κ3) is 4.23. The molecular weight excluding hydrogens is 361 g/mol. The summed E-state index contributed by atoms with van der Waals surface area (Å²) in [6.45, 7) is 4.46. The zero-order valence-corrected chi connectivity index (χ0v) is 15.1. The topological polar surface area (TPSA) is 71.3 Å². The number of aromatic nitrogens is 2. The maximum absolute atomic E-state index is 12.9. The number of amides is 2. The minimum absolute atomic E-state index is 0.0436. The summed E-state index contributed by atoms with van der Waals surface area (Å²) in [6, 6.07) is 4.23. The molecule has 9 heteroatoms. The van der Waals surface area contributed by atoms with Crippen molar-refractivity contribution in [2.75, 3.05) is 6.54 Å². The largest absolute Gasteiger partial charge is 0.416 e. The summed E-state index contributed by atoms with van der Waals surface area (Å²) in [4.78, 5) is 18.3. The number of likely N-dealkylation sites (tertiary alicyclic amines) is 1. The molecule has 0 bridgehead atoms. The molecule has 2 heterocycles. The number of alkyl halides is 3. The molecule has 1 aromatic heterocycles. The fraction of sp³-hybridized carbons (Fsp3) is 0.500. The van der Waals surface area contributed by atoms with Crippen LogP contribution in [0.25, 0.3) is 11.4 Å². The average molecular weight is 382 g/mol. The molecule has 3 rings (SSSR count). The van der Waals surface area contributed by atoms with Crippen molar-refractivity contribution in [1.29, 1.82) is 0 Å². The van der Waals surface area contributed by atoms with Crippen LogP contribution in [0, 0.1) is 0 Å². The van der Waals surface area contributed by atoms with Crippen LogP contribution in [0.1, 0.15) is 50.6 Å². The molecule has 0 unspecified atom stereocenters. The first-order valence-electron chi connectivity index (χ1n) is 8.88. The Balaban J connectivity index is 1.80. The summed E-state index contributed by atoms with van der Waals surface area (Å²) in [6.07, 6.45) is -2.18. The van der Waals surface area contributed by atoms with Gasteiger partial charge in [0.2, 0.25) is 11.7 Å². The van der Waals surface area contributed by atoms with E-state index in [9.17, 15) is 18.0 Å². The lowest BCUT2D eigenvalue weighted by atomic mass is 10.1. The Morgan fingerprint density at radius 1 is 1.44 bits per heavy atom. The normalized spacial score (nSPS) is 18.6. The Kier molecular flexibility index (Phi) is 5.38. The highest BCUT2D eigenvalue weighted by atomic mass is 19.4. The summed E-state index contributed by atoms with van der Waals surface area (Å²) in [7, 11) is 0. The van der Waals surface area contributed by atoms with Gasteiger partial charge in [-0.25, -0.2) is 4.79 Å². The third-order valence-electron chi connectivity index (χ3n) is 4.67. The maximum atomic E-state index is 12.9. The number of rotatable bonds is 4. The second-order valence-electron chi connectivity index (χ2n) is 6.64. The first-order valence-corrected chi connectivity index (χ1v) is 8.88. The van der Waals surface area contributed by atoms with Crippen molar-refractivity contribution in [3.05, 3.63) is 35.7 Å². The molecule has 0 saturated carbocycles. The first kappa shape index (κ1) is 19.2. The number of carbonyl (C=O) groups excluding carboxylic acids is 1. The summed E-state index contributed by atoms with van der Waals surface area (Å²) in [5, 5.41) is 6.72. The lowest BCUT2D eigenvalue weighted by Gasteiger charge is -2.24. The molecule has 0 spiro atoms. The van der Waals surface area contributed by atoms with Crippen LogP contribution in [0.2, 0.25) is 0 Å². The van der Waals surface area contributed by atoms with Crippen LogP contribution in [0.4, 0.5) is 18.0 Å². The van der Waals surface area contributed by atoms with E-state index in [0.717, 1.165) is 25.0 Å². The van der Waals surface area contributed by atoms with E-state index in [1.54, 1.807) is 4.90 Å². The number of urea groups is 1. The molecule has 0 aliphatic carbocycles. The van der Waals surface area contributed by atoms with Gasteiger partial charge in [0.15, 0.2) is 0 Å². The van der Waals surface area contributed by atoms with Crippen molar-refractivity contribution in [2.45, 2.75) is 51.4 Å². The molecule has 1 aliphatic rings. The predicted molar refractivity (Wildman–Crippen MR) is 91.7 cm³/mol. The van der Waals surface area contributed by atoms with Gasteiger partial charge in [-0.05, 0) is 38.3 Å². The van der Waals surface area contributed by atoms with Gasteiger partial charge in [-0.15, -0.1) is 0 Å². The van der Waals surface area contributed by atoms with Crippen molar-refractivity contribution in [3.8, 4) is 11.4 Å². The zero-order chi connectivity index (χ0) is 19.6. The van der Waals surface area contributed by atoms with E-state index in [0.29, 0.717) is 13.0 Å². The molecule has 2 atom stereocenters. The Labute approximate surface area is 154 Å². The van der Waals surface area contributed by atoms with Crippen LogP contribution >= 0.6 is 0 Å². The van der Waals surface area contributed by atoms with Crippen molar-refractivity contribution >= 4 is 6.03 Å². The van der Waals surface area contributed by atoms with E-state index >= 15 is 0 Å². The highest BCUT2D eigenvalue weighted by Crippen LogP contribution is 2.34. The van der Waals surface area contributed by atoms with Crippen LogP contribution in [-0.4, -0.2) is 33.7 Å². The van der Waals surface area contributed by atoms with Gasteiger partial charge >= 0.3 is 12.2 Å². The fourth-order valence-corrected chi connectivity index (χ4v) is 2.98. The smallest absolute Gasteiger partial charge is 0.337 e. The van der Waals surface area contributed by atoms with Gasteiger partial charge in [-0.1, -0.05) is 24.2 Å². The summed E-state index contributed by atoms with van der Waals surface area (Å²) >= 11 is 0. The van der Waals surface area contributed by atoms with Gasteiger partial charge in [0, 0.05) is 18.2 Å². The van der Waals surface area contributed by atoms with Crippen LogP contribution < -0.4 is 5.32 Å². The Morgan fingerprint density at radius 3 is 2.93 bits per heavy atom. The molecule has 27 heavy (non-hydrogen) atoms. The molecule has 2 aromatic rings. The van der Waals surface area contributed by atoms with Crippen molar-refractivity contribution in [2.24, 2.45) is 0 Å². The molecule has 6 nitrogen and oxygen atoms in total. The average Bonchev–Trinajstić information content (AvgIpc) is 3.30. The monoisotopic (exact) mass is 382 g/mol.